The van der Waals surface area contributed by atoms with E-state index in [1.165, 1.54) is 0 Å². The number of para-hydroxylation sites is 1. The molecule has 10 rings (SSSR count). The first-order chi connectivity index (χ1) is 32.7. The van der Waals surface area contributed by atoms with Crippen molar-refractivity contribution in [2.75, 3.05) is 39.3 Å². The number of hydrogen-bond donors (Lipinski definition) is 3. The highest BCUT2D eigenvalue weighted by Gasteiger charge is 2.74. The van der Waals surface area contributed by atoms with Crippen molar-refractivity contribution >= 4 is 23.5 Å². The van der Waals surface area contributed by atoms with E-state index in [9.17, 15) is 10.2 Å². The molecule has 5 aromatic carbocycles. The van der Waals surface area contributed by atoms with E-state index in [4.69, 9.17) is 18.9 Å². The van der Waals surface area contributed by atoms with Crippen LogP contribution in [0.2, 0.25) is 0 Å². The Labute approximate surface area is 390 Å². The van der Waals surface area contributed by atoms with E-state index in [1.54, 1.807) is 25.2 Å². The summed E-state index contributed by atoms with van der Waals surface area (Å²) in [4.78, 5) is 51.4. The largest absolute Gasteiger partial charge is 0.493 e. The summed E-state index contributed by atoms with van der Waals surface area (Å²) >= 11 is 0. The Balaban J connectivity index is 1.23. The first-order valence-corrected chi connectivity index (χ1v) is 23.3. The van der Waals surface area contributed by atoms with E-state index in [2.05, 4.69) is 22.1 Å². The fourth-order valence-corrected chi connectivity index (χ4v) is 11.5. The highest BCUT2D eigenvalue weighted by atomic mass is 16.6. The van der Waals surface area contributed by atoms with Crippen LogP contribution in [0.15, 0.2) is 115 Å². The third-order valence-electron chi connectivity index (χ3n) is 14.5. The molecule has 0 unspecified atom stereocenters. The number of amides is 2. The van der Waals surface area contributed by atoms with Gasteiger partial charge in [0.1, 0.15) is 35.5 Å². The van der Waals surface area contributed by atoms with Crippen molar-refractivity contribution in [1.82, 2.24) is 9.80 Å². The number of cyclic esters (lactones) is 1. The standard InChI is InChI=1S/C55H55N3O9/c1-64-44-32-38-24-28-57(34-39(38)33-45(44)65-2)51(60)46-48-52(61)67-49(37-17-9-6-10-18-37)47(36-15-7-5-8-16-36)58(48)50(40-19-11-12-20-43(40)66-30-29-59)55(46)41-31-35(21-22-42(41)56-53(55)62)23-27-54(63)25-13-3-4-14-26-54/h5-12,15-22,31-33,46-50,59,63H,3-4,13-14,24-26,28-30,34H2,1-2H3,(H,56,62)/t46-,47-,48-,49+,50+,55-/m1/s1. The molecule has 12 heteroatoms. The summed E-state index contributed by atoms with van der Waals surface area (Å²) in [6, 6.07) is 33.0. The molecule has 12 nitrogen and oxygen atoms in total. The number of fused-ring (bicyclic) bond motifs is 4. The van der Waals surface area contributed by atoms with Gasteiger partial charge >= 0.3 is 5.97 Å². The zero-order valence-corrected chi connectivity index (χ0v) is 37.8. The van der Waals surface area contributed by atoms with E-state index in [0.29, 0.717) is 65.4 Å². The summed E-state index contributed by atoms with van der Waals surface area (Å²) in [5.41, 5.74) is 2.61. The van der Waals surface area contributed by atoms with Crippen LogP contribution in [0, 0.1) is 17.8 Å². The highest BCUT2D eigenvalue weighted by molar-refractivity contribution is 6.12. The molecule has 1 aliphatic carbocycles. The minimum atomic E-state index is -1.79. The Bertz CT molecular complexity index is 2740. The minimum Gasteiger partial charge on any atom is -0.493 e. The molecule has 1 spiro atoms. The summed E-state index contributed by atoms with van der Waals surface area (Å²) in [6.07, 6.45) is 4.61. The predicted molar refractivity (Wildman–Crippen MR) is 250 cm³/mol. The van der Waals surface area contributed by atoms with Crippen LogP contribution in [-0.2, 0) is 37.5 Å². The molecule has 344 valence electrons. The van der Waals surface area contributed by atoms with E-state index in [0.717, 1.165) is 47.9 Å². The van der Waals surface area contributed by atoms with Crippen molar-refractivity contribution in [3.63, 3.8) is 0 Å². The molecule has 4 aliphatic heterocycles. The smallest absolute Gasteiger partial charge is 0.324 e. The van der Waals surface area contributed by atoms with Gasteiger partial charge in [-0.1, -0.05) is 104 Å². The third kappa shape index (κ3) is 7.69. The van der Waals surface area contributed by atoms with Crippen LogP contribution in [0.4, 0.5) is 5.69 Å². The Morgan fingerprint density at radius 1 is 0.806 bits per heavy atom. The lowest BCUT2D eigenvalue weighted by Gasteiger charge is -2.46. The molecule has 2 saturated heterocycles. The van der Waals surface area contributed by atoms with Gasteiger partial charge in [0.15, 0.2) is 11.5 Å². The average molecular weight is 902 g/mol. The molecule has 4 heterocycles. The van der Waals surface area contributed by atoms with Gasteiger partial charge in [-0.25, -0.2) is 0 Å². The maximum Gasteiger partial charge on any atom is 0.324 e. The Morgan fingerprint density at radius 3 is 2.18 bits per heavy atom. The molecule has 2 amide bonds. The van der Waals surface area contributed by atoms with E-state index >= 15 is 14.4 Å². The van der Waals surface area contributed by atoms with Crippen LogP contribution in [0.25, 0.3) is 0 Å². The minimum absolute atomic E-state index is 0.0355. The topological polar surface area (TPSA) is 147 Å². The van der Waals surface area contributed by atoms with Crippen molar-refractivity contribution in [3.05, 3.63) is 154 Å². The number of nitrogens with one attached hydrogen (secondary N) is 1. The quantitative estimate of drug-likeness (QED) is 0.0779. The number of benzene rings is 5. The summed E-state index contributed by atoms with van der Waals surface area (Å²) < 4.78 is 24.3. The molecule has 67 heavy (non-hydrogen) atoms. The molecule has 1 saturated carbocycles. The maximum absolute atomic E-state index is 16.3. The number of morpholine rings is 1. The molecule has 0 aromatic heterocycles. The average Bonchev–Trinajstić information content (AvgIpc) is 3.72. The second-order valence-corrected chi connectivity index (χ2v) is 18.3. The van der Waals surface area contributed by atoms with Crippen LogP contribution in [0.3, 0.4) is 0 Å². The van der Waals surface area contributed by atoms with Gasteiger partial charge in [0, 0.05) is 29.9 Å². The zero-order valence-electron chi connectivity index (χ0n) is 37.8. The molecule has 5 aliphatic rings. The van der Waals surface area contributed by atoms with Gasteiger partial charge in [-0.15, -0.1) is 0 Å². The summed E-state index contributed by atoms with van der Waals surface area (Å²) in [6.45, 7) is 0.199. The summed E-state index contributed by atoms with van der Waals surface area (Å²) in [7, 11) is 3.16. The normalized spacial score (nSPS) is 25.1. The Morgan fingerprint density at radius 2 is 1.48 bits per heavy atom. The van der Waals surface area contributed by atoms with Crippen molar-refractivity contribution < 1.29 is 43.5 Å². The number of methoxy groups -OCH3 is 2. The van der Waals surface area contributed by atoms with E-state index in [1.807, 2.05) is 109 Å². The number of carbonyl (C=O) groups excluding carboxylic acids is 3. The van der Waals surface area contributed by atoms with E-state index < -0.39 is 53.0 Å². The predicted octanol–water partition coefficient (Wildman–Crippen LogP) is 7.37. The van der Waals surface area contributed by atoms with Gasteiger partial charge in [-0.2, -0.15) is 0 Å². The van der Waals surface area contributed by atoms with Crippen LogP contribution >= 0.6 is 0 Å². The first kappa shape index (κ1) is 44.2. The van der Waals surface area contributed by atoms with Crippen molar-refractivity contribution in [2.45, 2.75) is 86.7 Å². The molecular weight excluding hydrogens is 847 g/mol. The lowest BCUT2D eigenvalue weighted by molar-refractivity contribution is -0.179. The number of aliphatic hydroxyl groups is 2. The summed E-state index contributed by atoms with van der Waals surface area (Å²) in [5, 5.41) is 24.9. The maximum atomic E-state index is 16.3. The molecule has 5 aromatic rings. The van der Waals surface area contributed by atoms with E-state index in [-0.39, 0.29) is 25.7 Å². The lowest BCUT2D eigenvalue weighted by Crippen LogP contribution is -2.56. The molecule has 0 radical (unpaired) electrons. The molecule has 0 bridgehead atoms. The number of hydrogen-bond acceptors (Lipinski definition) is 10. The van der Waals surface area contributed by atoms with Gasteiger partial charge in [-0.3, -0.25) is 19.3 Å². The molecule has 6 atom stereocenters. The fraction of sp³-hybridized carbons (Fsp3) is 0.364. The van der Waals surface area contributed by atoms with Crippen LogP contribution < -0.4 is 19.5 Å². The van der Waals surface area contributed by atoms with Gasteiger partial charge in [0.2, 0.25) is 11.8 Å². The van der Waals surface area contributed by atoms with Crippen molar-refractivity contribution in [2.24, 2.45) is 5.92 Å². The van der Waals surface area contributed by atoms with Gasteiger partial charge in [-0.05, 0) is 96.3 Å². The van der Waals surface area contributed by atoms with Crippen molar-refractivity contribution in [1.29, 1.82) is 0 Å². The summed E-state index contributed by atoms with van der Waals surface area (Å²) in [5.74, 6) is 5.20. The third-order valence-corrected chi connectivity index (χ3v) is 14.5. The lowest BCUT2D eigenvalue weighted by atomic mass is 9.64. The number of anilines is 1. The zero-order chi connectivity index (χ0) is 46.3. The number of aliphatic hydroxyl groups excluding tert-OH is 1. The fourth-order valence-electron chi connectivity index (χ4n) is 11.5. The number of ether oxygens (including phenoxy) is 4. The number of carbonyl (C=O) groups is 3. The molecule has 3 N–H and O–H groups in total. The Kier molecular flexibility index (Phi) is 12.0. The SMILES string of the molecule is COc1cc2c(cc1OC)CN(C(=O)[C@H]1[C@@H]3C(=O)O[C@@H](c4ccccc4)[C@@H](c4ccccc4)N3[C@@H](c3ccccc3OCCO)[C@]13C(=O)Nc1ccc(C#CC4(O)CCCCCC4)cc13)CC2. The number of nitrogens with zero attached hydrogens (tertiary/aromatic N) is 2. The number of rotatable bonds is 9. The molecule has 3 fully saturated rings. The number of esters is 1. The monoisotopic (exact) mass is 901 g/mol. The Hall–Kier alpha value is -6.65. The van der Waals surface area contributed by atoms with Crippen molar-refractivity contribution in [3.8, 4) is 29.1 Å². The van der Waals surface area contributed by atoms with Crippen LogP contribution in [0.1, 0.15) is 95.7 Å². The highest BCUT2D eigenvalue weighted by Crippen LogP contribution is 2.66. The first-order valence-electron chi connectivity index (χ1n) is 23.3. The second-order valence-electron chi connectivity index (χ2n) is 18.3. The van der Waals surface area contributed by atoms with Gasteiger partial charge < -0.3 is 39.4 Å². The van der Waals surface area contributed by atoms with Gasteiger partial charge in [0.05, 0.1) is 38.8 Å². The second kappa shape index (κ2) is 18.2. The molecular formula is C55H55N3O9. The van der Waals surface area contributed by atoms with Crippen LogP contribution in [0.5, 0.6) is 17.2 Å². The van der Waals surface area contributed by atoms with Gasteiger partial charge in [0.25, 0.3) is 0 Å². The van der Waals surface area contributed by atoms with Crippen LogP contribution in [-0.4, -0.2) is 83.4 Å².